The van der Waals surface area contributed by atoms with Crippen LogP contribution in [0, 0.1) is 10.1 Å². The molecule has 1 aliphatic heterocycles. The first kappa shape index (κ1) is 20.8. The van der Waals surface area contributed by atoms with Gasteiger partial charge < -0.3 is 14.4 Å². The Bertz CT molecular complexity index is 1090. The number of rotatable bonds is 6. The van der Waals surface area contributed by atoms with Crippen molar-refractivity contribution in [2.24, 2.45) is 0 Å². The topological polar surface area (TPSA) is 107 Å². The predicted molar refractivity (Wildman–Crippen MR) is 118 cm³/mol. The molecule has 2 heterocycles. The molecule has 0 spiro atoms. The third-order valence-corrected chi connectivity index (χ3v) is 5.65. The van der Waals surface area contributed by atoms with Crippen molar-refractivity contribution in [3.63, 3.8) is 0 Å². The lowest BCUT2D eigenvalue weighted by molar-refractivity contribution is -0.384. The number of carbonyl (C=O) groups is 1. The van der Waals surface area contributed by atoms with Crippen LogP contribution in [0.1, 0.15) is 10.4 Å². The summed E-state index contributed by atoms with van der Waals surface area (Å²) in [4.78, 5) is 30.2. The molecule has 1 aromatic heterocycles. The van der Waals surface area contributed by atoms with Crippen molar-refractivity contribution in [3.8, 4) is 17.0 Å². The van der Waals surface area contributed by atoms with Gasteiger partial charge in [-0.25, -0.2) is 4.98 Å². The summed E-state index contributed by atoms with van der Waals surface area (Å²) < 4.78 is 10.5. The number of nitro groups is 1. The summed E-state index contributed by atoms with van der Waals surface area (Å²) in [7, 11) is 1.60. The second kappa shape index (κ2) is 9.11. The minimum atomic E-state index is -0.466. The maximum atomic E-state index is 12.7. The Labute approximate surface area is 182 Å². The van der Waals surface area contributed by atoms with Gasteiger partial charge in [-0.15, -0.1) is 11.3 Å². The number of benzene rings is 2. The van der Waals surface area contributed by atoms with Gasteiger partial charge in [0.2, 0.25) is 0 Å². The largest absolute Gasteiger partial charge is 0.497 e. The van der Waals surface area contributed by atoms with Crippen molar-refractivity contribution in [2.75, 3.05) is 43.6 Å². The van der Waals surface area contributed by atoms with Crippen molar-refractivity contribution in [1.29, 1.82) is 0 Å². The van der Waals surface area contributed by atoms with E-state index in [1.807, 2.05) is 34.5 Å². The first-order valence-corrected chi connectivity index (χ1v) is 10.5. The van der Waals surface area contributed by atoms with Crippen LogP contribution in [0.2, 0.25) is 0 Å². The molecule has 0 unspecified atom stereocenters. The normalized spacial score (nSPS) is 13.6. The number of hydrogen-bond acceptors (Lipinski definition) is 8. The Balaban J connectivity index is 1.51. The minimum Gasteiger partial charge on any atom is -0.497 e. The molecular weight excluding hydrogens is 420 g/mol. The second-order valence-electron chi connectivity index (χ2n) is 6.78. The van der Waals surface area contributed by atoms with Crippen LogP contribution in [-0.2, 0) is 4.74 Å². The van der Waals surface area contributed by atoms with Crippen LogP contribution in [0.4, 0.5) is 16.5 Å². The second-order valence-corrected chi connectivity index (χ2v) is 7.64. The molecule has 1 saturated heterocycles. The molecule has 0 aliphatic carbocycles. The highest BCUT2D eigenvalue weighted by Crippen LogP contribution is 2.31. The number of nitrogens with zero attached hydrogens (tertiary/aromatic N) is 3. The number of morpholine rings is 1. The number of methoxy groups -OCH3 is 1. The number of hydrogen-bond donors (Lipinski definition) is 1. The van der Waals surface area contributed by atoms with Gasteiger partial charge in [0.1, 0.15) is 11.4 Å². The molecule has 9 nitrogen and oxygen atoms in total. The zero-order valence-electron chi connectivity index (χ0n) is 16.7. The lowest BCUT2D eigenvalue weighted by atomic mass is 10.1. The number of nitrogens with one attached hydrogen (secondary N) is 1. The first-order valence-electron chi connectivity index (χ1n) is 9.57. The van der Waals surface area contributed by atoms with Crippen LogP contribution in [0.5, 0.6) is 5.75 Å². The average molecular weight is 440 g/mol. The summed E-state index contributed by atoms with van der Waals surface area (Å²) in [5.74, 6) is 0.293. The van der Waals surface area contributed by atoms with Crippen molar-refractivity contribution in [3.05, 3.63) is 63.5 Å². The molecule has 10 heteroatoms. The van der Waals surface area contributed by atoms with Gasteiger partial charge in [0.15, 0.2) is 5.13 Å². The number of aromatic nitrogens is 1. The highest BCUT2D eigenvalue weighted by Gasteiger charge is 2.23. The van der Waals surface area contributed by atoms with Gasteiger partial charge in [-0.1, -0.05) is 0 Å². The number of ether oxygens (including phenoxy) is 2. The molecule has 1 amide bonds. The number of nitro benzene ring substituents is 1. The zero-order valence-corrected chi connectivity index (χ0v) is 17.6. The SMILES string of the molecule is COc1ccc(-c2csc(NC(=O)c3ccc(N4CCOCC4)c([N+](=O)[O-])c3)n2)cc1. The van der Waals surface area contributed by atoms with E-state index < -0.39 is 10.8 Å². The Morgan fingerprint density at radius 1 is 1.23 bits per heavy atom. The van der Waals surface area contributed by atoms with Crippen LogP contribution in [0.25, 0.3) is 11.3 Å². The lowest BCUT2D eigenvalue weighted by Crippen LogP contribution is -2.36. The summed E-state index contributed by atoms with van der Waals surface area (Å²) in [6.07, 6.45) is 0. The van der Waals surface area contributed by atoms with Crippen LogP contribution in [0.15, 0.2) is 47.8 Å². The van der Waals surface area contributed by atoms with Crippen LogP contribution in [0.3, 0.4) is 0 Å². The van der Waals surface area contributed by atoms with Crippen molar-refractivity contribution >= 4 is 33.8 Å². The highest BCUT2D eigenvalue weighted by atomic mass is 32.1. The molecule has 0 atom stereocenters. The molecule has 4 rings (SSSR count). The lowest BCUT2D eigenvalue weighted by Gasteiger charge is -2.28. The van der Waals surface area contributed by atoms with E-state index in [0.717, 1.165) is 17.0 Å². The third-order valence-electron chi connectivity index (χ3n) is 4.90. The van der Waals surface area contributed by atoms with Crippen LogP contribution < -0.4 is 15.0 Å². The van der Waals surface area contributed by atoms with E-state index in [0.29, 0.717) is 37.1 Å². The number of carbonyl (C=O) groups excluding carboxylic acids is 1. The first-order chi connectivity index (χ1) is 15.0. The minimum absolute atomic E-state index is 0.104. The van der Waals surface area contributed by atoms with E-state index in [1.165, 1.54) is 17.4 Å². The molecular formula is C21H20N4O5S. The maximum absolute atomic E-state index is 12.7. The van der Waals surface area contributed by atoms with E-state index in [2.05, 4.69) is 10.3 Å². The zero-order chi connectivity index (χ0) is 21.8. The van der Waals surface area contributed by atoms with Crippen molar-refractivity contribution in [2.45, 2.75) is 0 Å². The molecule has 1 N–H and O–H groups in total. The Kier molecular flexibility index (Phi) is 6.10. The van der Waals surface area contributed by atoms with E-state index in [9.17, 15) is 14.9 Å². The fourth-order valence-electron chi connectivity index (χ4n) is 3.28. The number of amides is 1. The smallest absolute Gasteiger partial charge is 0.293 e. The van der Waals surface area contributed by atoms with Crippen LogP contribution >= 0.6 is 11.3 Å². The van der Waals surface area contributed by atoms with Crippen LogP contribution in [-0.4, -0.2) is 49.2 Å². The summed E-state index contributed by atoms with van der Waals surface area (Å²) in [6, 6.07) is 11.9. The molecule has 2 aromatic carbocycles. The highest BCUT2D eigenvalue weighted by molar-refractivity contribution is 7.14. The molecule has 3 aromatic rings. The van der Waals surface area contributed by atoms with Gasteiger partial charge in [0.25, 0.3) is 11.6 Å². The fraction of sp³-hybridized carbons (Fsp3) is 0.238. The average Bonchev–Trinajstić information content (AvgIpc) is 3.27. The van der Waals surface area contributed by atoms with E-state index >= 15 is 0 Å². The predicted octanol–water partition coefficient (Wildman–Crippen LogP) is 3.82. The summed E-state index contributed by atoms with van der Waals surface area (Å²) in [6.45, 7) is 2.17. The molecule has 160 valence electrons. The van der Waals surface area contributed by atoms with E-state index in [4.69, 9.17) is 9.47 Å². The Hall–Kier alpha value is -3.50. The van der Waals surface area contributed by atoms with Gasteiger partial charge in [-0.2, -0.15) is 0 Å². The van der Waals surface area contributed by atoms with Gasteiger partial charge in [-0.3, -0.25) is 20.2 Å². The summed E-state index contributed by atoms with van der Waals surface area (Å²) in [5.41, 5.74) is 2.19. The summed E-state index contributed by atoms with van der Waals surface area (Å²) >= 11 is 1.28. The number of thiazole rings is 1. The fourth-order valence-corrected chi connectivity index (χ4v) is 3.99. The molecule has 0 saturated carbocycles. The molecule has 0 radical (unpaired) electrons. The molecule has 1 fully saturated rings. The van der Waals surface area contributed by atoms with E-state index in [-0.39, 0.29) is 11.3 Å². The van der Waals surface area contributed by atoms with Gasteiger partial charge >= 0.3 is 0 Å². The maximum Gasteiger partial charge on any atom is 0.293 e. The van der Waals surface area contributed by atoms with Crippen molar-refractivity contribution < 1.29 is 19.2 Å². The van der Waals surface area contributed by atoms with Gasteiger partial charge in [-0.05, 0) is 36.4 Å². The molecule has 0 bridgehead atoms. The van der Waals surface area contributed by atoms with E-state index in [1.54, 1.807) is 19.2 Å². The standard InChI is InChI=1S/C21H20N4O5S/c1-29-16-5-2-14(3-6-16)17-13-31-21(22-17)23-20(26)15-4-7-18(19(12-15)25(27)28)24-8-10-30-11-9-24/h2-7,12-13H,8-11H2,1H3,(H,22,23,26). The third kappa shape index (κ3) is 4.65. The quantitative estimate of drug-likeness (QED) is 0.459. The monoisotopic (exact) mass is 440 g/mol. The van der Waals surface area contributed by atoms with Crippen molar-refractivity contribution in [1.82, 2.24) is 4.98 Å². The Morgan fingerprint density at radius 2 is 1.97 bits per heavy atom. The Morgan fingerprint density at radius 3 is 2.65 bits per heavy atom. The van der Waals surface area contributed by atoms with Gasteiger partial charge in [0.05, 0.1) is 30.9 Å². The number of anilines is 2. The van der Waals surface area contributed by atoms with Gasteiger partial charge in [0, 0.05) is 35.7 Å². The molecule has 1 aliphatic rings. The summed E-state index contributed by atoms with van der Waals surface area (Å²) in [5, 5.41) is 16.6. The molecule has 31 heavy (non-hydrogen) atoms.